The number of carbonyl (C=O) groups excluding carboxylic acids is 1. The molecule has 5 nitrogen and oxygen atoms in total. The van der Waals surface area contributed by atoms with Gasteiger partial charge in [-0.05, 0) is 60.2 Å². The highest BCUT2D eigenvalue weighted by atomic mass is 16.3. The Morgan fingerprint density at radius 1 is 1.07 bits per heavy atom. The van der Waals surface area contributed by atoms with E-state index >= 15 is 0 Å². The highest BCUT2D eigenvalue weighted by Crippen LogP contribution is 2.25. The SMILES string of the molecule is Nc1ccc(-c2ccco2)cc1CC(=O)c1ccc(N2CCNCC2)cc1. The van der Waals surface area contributed by atoms with E-state index in [0.29, 0.717) is 11.3 Å². The molecule has 4 rings (SSSR count). The number of rotatable bonds is 5. The molecule has 0 radical (unpaired) electrons. The molecular formula is C22H23N3O2. The first kappa shape index (κ1) is 17.4. The van der Waals surface area contributed by atoms with Gasteiger partial charge in [0.1, 0.15) is 5.76 Å². The number of furan rings is 1. The first-order valence-corrected chi connectivity index (χ1v) is 9.22. The standard InChI is InChI=1S/C22H23N3O2/c23-20-8-5-17(22-2-1-13-27-22)14-18(20)15-21(26)16-3-6-19(7-4-16)25-11-9-24-10-12-25/h1-8,13-14,24H,9-12,15,23H2. The van der Waals surface area contributed by atoms with Crippen molar-refractivity contribution in [3.63, 3.8) is 0 Å². The van der Waals surface area contributed by atoms with Crippen molar-refractivity contribution in [1.29, 1.82) is 0 Å². The molecule has 3 aromatic rings. The summed E-state index contributed by atoms with van der Waals surface area (Å²) in [5, 5.41) is 3.35. The Morgan fingerprint density at radius 2 is 1.85 bits per heavy atom. The second-order valence-electron chi connectivity index (χ2n) is 6.77. The molecule has 2 aromatic carbocycles. The molecule has 0 spiro atoms. The predicted molar refractivity (Wildman–Crippen MR) is 108 cm³/mol. The van der Waals surface area contributed by atoms with Crippen molar-refractivity contribution in [2.45, 2.75) is 6.42 Å². The zero-order chi connectivity index (χ0) is 18.6. The molecule has 0 aliphatic carbocycles. The van der Waals surface area contributed by atoms with Gasteiger partial charge in [-0.1, -0.05) is 0 Å². The lowest BCUT2D eigenvalue weighted by atomic mass is 9.99. The van der Waals surface area contributed by atoms with E-state index in [9.17, 15) is 4.79 Å². The van der Waals surface area contributed by atoms with Crippen LogP contribution in [0, 0.1) is 0 Å². The van der Waals surface area contributed by atoms with Gasteiger partial charge < -0.3 is 20.4 Å². The molecule has 1 aliphatic rings. The van der Waals surface area contributed by atoms with Crippen molar-refractivity contribution in [1.82, 2.24) is 5.32 Å². The summed E-state index contributed by atoms with van der Waals surface area (Å²) in [5.74, 6) is 0.828. The third-order valence-electron chi connectivity index (χ3n) is 4.97. The van der Waals surface area contributed by atoms with Crippen LogP contribution in [0.4, 0.5) is 11.4 Å². The van der Waals surface area contributed by atoms with Crippen molar-refractivity contribution in [3.8, 4) is 11.3 Å². The number of Topliss-reactive ketones (excluding diaryl/α,β-unsaturated/α-hetero) is 1. The van der Waals surface area contributed by atoms with Crippen molar-refractivity contribution >= 4 is 17.2 Å². The van der Waals surface area contributed by atoms with Gasteiger partial charge in [-0.2, -0.15) is 0 Å². The van der Waals surface area contributed by atoms with Gasteiger partial charge >= 0.3 is 0 Å². The second kappa shape index (κ2) is 7.68. The number of benzene rings is 2. The average Bonchev–Trinajstić information content (AvgIpc) is 3.25. The quantitative estimate of drug-likeness (QED) is 0.539. The van der Waals surface area contributed by atoms with E-state index in [1.54, 1.807) is 6.26 Å². The first-order valence-electron chi connectivity index (χ1n) is 9.22. The zero-order valence-corrected chi connectivity index (χ0v) is 15.2. The zero-order valence-electron chi connectivity index (χ0n) is 15.2. The molecule has 2 heterocycles. The van der Waals surface area contributed by atoms with Gasteiger partial charge in [0.15, 0.2) is 5.78 Å². The van der Waals surface area contributed by atoms with Gasteiger partial charge in [0.05, 0.1) is 6.26 Å². The van der Waals surface area contributed by atoms with E-state index in [0.717, 1.165) is 48.8 Å². The summed E-state index contributed by atoms with van der Waals surface area (Å²) < 4.78 is 5.44. The Labute approximate surface area is 158 Å². The van der Waals surface area contributed by atoms with E-state index in [-0.39, 0.29) is 12.2 Å². The number of nitrogens with one attached hydrogen (secondary N) is 1. The number of nitrogen functional groups attached to an aromatic ring is 1. The van der Waals surface area contributed by atoms with Gasteiger partial charge in [-0.15, -0.1) is 0 Å². The van der Waals surface area contributed by atoms with E-state index in [1.807, 2.05) is 54.6 Å². The molecule has 1 aromatic heterocycles. The summed E-state index contributed by atoms with van der Waals surface area (Å²) in [6.45, 7) is 3.96. The Bertz CT molecular complexity index is 911. The number of ketones is 1. The number of nitrogens with two attached hydrogens (primary N) is 1. The molecule has 0 atom stereocenters. The number of carbonyl (C=O) groups is 1. The van der Waals surface area contributed by atoms with E-state index in [1.165, 1.54) is 0 Å². The third-order valence-corrected chi connectivity index (χ3v) is 4.97. The molecule has 0 unspecified atom stereocenters. The van der Waals surface area contributed by atoms with Gasteiger partial charge in [0, 0.05) is 55.1 Å². The fourth-order valence-corrected chi connectivity index (χ4v) is 3.41. The minimum Gasteiger partial charge on any atom is -0.464 e. The minimum absolute atomic E-state index is 0.0603. The lowest BCUT2D eigenvalue weighted by Gasteiger charge is -2.29. The molecule has 3 N–H and O–H groups in total. The molecular weight excluding hydrogens is 338 g/mol. The topological polar surface area (TPSA) is 71.5 Å². The van der Waals surface area contributed by atoms with Crippen LogP contribution in [-0.4, -0.2) is 32.0 Å². The number of hydrogen-bond donors (Lipinski definition) is 2. The Morgan fingerprint density at radius 3 is 2.56 bits per heavy atom. The molecule has 0 bridgehead atoms. The van der Waals surface area contributed by atoms with Crippen molar-refractivity contribution in [3.05, 3.63) is 72.0 Å². The van der Waals surface area contributed by atoms with Crippen LogP contribution in [0.2, 0.25) is 0 Å². The lowest BCUT2D eigenvalue weighted by molar-refractivity contribution is 0.0993. The van der Waals surface area contributed by atoms with E-state index in [4.69, 9.17) is 10.2 Å². The summed E-state index contributed by atoms with van der Waals surface area (Å²) in [6, 6.07) is 17.3. The van der Waals surface area contributed by atoms with Gasteiger partial charge in [-0.25, -0.2) is 0 Å². The highest BCUT2D eigenvalue weighted by Gasteiger charge is 2.14. The first-order chi connectivity index (χ1) is 13.2. The second-order valence-corrected chi connectivity index (χ2v) is 6.77. The number of nitrogens with zero attached hydrogens (tertiary/aromatic N) is 1. The summed E-state index contributed by atoms with van der Waals surface area (Å²) in [7, 11) is 0. The minimum atomic E-state index is 0.0603. The lowest BCUT2D eigenvalue weighted by Crippen LogP contribution is -2.43. The number of hydrogen-bond acceptors (Lipinski definition) is 5. The molecule has 138 valence electrons. The van der Waals surface area contributed by atoms with Crippen LogP contribution in [0.5, 0.6) is 0 Å². The van der Waals surface area contributed by atoms with E-state index in [2.05, 4.69) is 10.2 Å². The summed E-state index contributed by atoms with van der Waals surface area (Å²) in [5.41, 5.74) is 10.3. The van der Waals surface area contributed by atoms with Crippen LogP contribution in [0.25, 0.3) is 11.3 Å². The smallest absolute Gasteiger partial charge is 0.167 e. The molecule has 1 fully saturated rings. The average molecular weight is 361 g/mol. The van der Waals surface area contributed by atoms with Crippen LogP contribution in [0.1, 0.15) is 15.9 Å². The highest BCUT2D eigenvalue weighted by molar-refractivity contribution is 5.98. The Kier molecular flexibility index (Phi) is 4.94. The molecule has 27 heavy (non-hydrogen) atoms. The van der Waals surface area contributed by atoms with Gasteiger partial charge in [-0.3, -0.25) is 4.79 Å². The maximum atomic E-state index is 12.7. The number of anilines is 2. The van der Waals surface area contributed by atoms with Crippen LogP contribution in [0.15, 0.2) is 65.3 Å². The summed E-state index contributed by atoms with van der Waals surface area (Å²) in [4.78, 5) is 15.1. The summed E-state index contributed by atoms with van der Waals surface area (Å²) in [6.07, 6.45) is 1.91. The Balaban J connectivity index is 1.49. The molecule has 1 aliphatic heterocycles. The molecule has 0 saturated carbocycles. The monoisotopic (exact) mass is 361 g/mol. The van der Waals surface area contributed by atoms with Crippen LogP contribution < -0.4 is 16.0 Å². The largest absolute Gasteiger partial charge is 0.464 e. The number of piperazine rings is 1. The van der Waals surface area contributed by atoms with Crippen LogP contribution in [-0.2, 0) is 6.42 Å². The van der Waals surface area contributed by atoms with Crippen molar-refractivity contribution in [2.24, 2.45) is 0 Å². The molecule has 5 heteroatoms. The maximum Gasteiger partial charge on any atom is 0.167 e. The molecule has 1 saturated heterocycles. The van der Waals surface area contributed by atoms with Crippen LogP contribution in [0.3, 0.4) is 0 Å². The fraction of sp³-hybridized carbons (Fsp3) is 0.227. The van der Waals surface area contributed by atoms with Crippen molar-refractivity contribution < 1.29 is 9.21 Å². The third kappa shape index (κ3) is 3.88. The molecule has 0 amide bonds. The van der Waals surface area contributed by atoms with Gasteiger partial charge in [0.2, 0.25) is 0 Å². The summed E-state index contributed by atoms with van der Waals surface area (Å²) >= 11 is 0. The van der Waals surface area contributed by atoms with Crippen molar-refractivity contribution in [2.75, 3.05) is 36.8 Å². The van der Waals surface area contributed by atoms with Gasteiger partial charge in [0.25, 0.3) is 0 Å². The van der Waals surface area contributed by atoms with E-state index < -0.39 is 0 Å². The predicted octanol–water partition coefficient (Wildman–Crippen LogP) is 3.36. The van der Waals surface area contributed by atoms with Crippen LogP contribution >= 0.6 is 0 Å². The Hall–Kier alpha value is -3.05. The fourth-order valence-electron chi connectivity index (χ4n) is 3.41. The normalized spacial score (nSPS) is 14.3. The maximum absolute atomic E-state index is 12.7.